The predicted molar refractivity (Wildman–Crippen MR) is 144 cm³/mol. The first kappa shape index (κ1) is 24.3. The Morgan fingerprint density at radius 1 is 1.08 bits per heavy atom. The largest absolute Gasteiger partial charge is 0.490 e. The van der Waals surface area contributed by atoms with Crippen LogP contribution in [0.25, 0.3) is 10.9 Å². The number of fused-ring (bicyclic) bond motifs is 2. The fraction of sp³-hybridized carbons (Fsp3) is 0.667. The summed E-state index contributed by atoms with van der Waals surface area (Å²) >= 11 is 0. The molecule has 1 saturated heterocycles. The number of aliphatic hydroxyl groups is 1. The highest BCUT2D eigenvalue weighted by molar-refractivity contribution is 5.87. The number of amides is 3. The lowest BCUT2D eigenvalue weighted by molar-refractivity contribution is -0.244. The van der Waals surface area contributed by atoms with Gasteiger partial charge in [0, 0.05) is 49.3 Å². The van der Waals surface area contributed by atoms with Gasteiger partial charge in [0.05, 0.1) is 12.0 Å². The van der Waals surface area contributed by atoms with Crippen molar-refractivity contribution in [2.45, 2.75) is 58.1 Å². The molecular weight excluding hydrogens is 480 g/mol. The van der Waals surface area contributed by atoms with E-state index in [9.17, 15) is 14.7 Å². The molecule has 8 heteroatoms. The van der Waals surface area contributed by atoms with Crippen LogP contribution < -0.4 is 4.74 Å². The Balaban J connectivity index is 0.943. The van der Waals surface area contributed by atoms with Crippen LogP contribution in [0.1, 0.15) is 46.0 Å². The molecule has 2 aromatic rings. The number of hydrogen-bond donors (Lipinski definition) is 2. The van der Waals surface area contributed by atoms with Gasteiger partial charge in [0.25, 0.3) is 0 Å². The van der Waals surface area contributed by atoms with E-state index in [1.54, 1.807) is 4.90 Å². The molecule has 6 unspecified atom stereocenters. The lowest BCUT2D eigenvalue weighted by Gasteiger charge is -2.72. The summed E-state index contributed by atoms with van der Waals surface area (Å²) in [7, 11) is 0. The summed E-state index contributed by atoms with van der Waals surface area (Å²) in [5.74, 6) is 3.48. The SMILES string of the molecule is CC(C)N(CC(O)COc1cccc2[nH]ccc12)C(=O)N1CCN(C(=O)C23CC4CC5CC(C2)C53C4)CC1. The zero-order valence-corrected chi connectivity index (χ0v) is 22.6. The Morgan fingerprint density at radius 3 is 2.61 bits per heavy atom. The molecule has 1 aliphatic heterocycles. The van der Waals surface area contributed by atoms with E-state index in [2.05, 4.69) is 9.88 Å². The van der Waals surface area contributed by atoms with Crippen LogP contribution in [0.2, 0.25) is 0 Å². The Bertz CT molecular complexity index is 1250. The molecule has 7 rings (SSSR count). The van der Waals surface area contributed by atoms with Gasteiger partial charge in [0.1, 0.15) is 18.5 Å². The average Bonchev–Trinajstić information content (AvgIpc) is 3.59. The van der Waals surface area contributed by atoms with Crippen molar-refractivity contribution in [2.75, 3.05) is 39.3 Å². The summed E-state index contributed by atoms with van der Waals surface area (Å²) in [4.78, 5) is 36.1. The fourth-order valence-corrected chi connectivity index (χ4v) is 9.30. The van der Waals surface area contributed by atoms with Gasteiger partial charge in [-0.25, -0.2) is 4.79 Å². The van der Waals surface area contributed by atoms with Crippen molar-refractivity contribution in [1.82, 2.24) is 19.7 Å². The van der Waals surface area contributed by atoms with Crippen molar-refractivity contribution < 1.29 is 19.4 Å². The Labute approximate surface area is 224 Å². The lowest BCUT2D eigenvalue weighted by Crippen LogP contribution is -2.72. The molecule has 38 heavy (non-hydrogen) atoms. The highest BCUT2D eigenvalue weighted by Gasteiger charge is 2.83. The van der Waals surface area contributed by atoms with Gasteiger partial charge in [0.2, 0.25) is 5.91 Å². The maximum absolute atomic E-state index is 13.8. The Hall–Kier alpha value is -2.74. The monoisotopic (exact) mass is 520 g/mol. The fourth-order valence-electron chi connectivity index (χ4n) is 9.30. The van der Waals surface area contributed by atoms with E-state index in [0.717, 1.165) is 41.5 Å². The standard InChI is InChI=1S/C30H40N4O4/c1-19(2)34(17-23(35)18-38-26-5-3-4-25-24(26)6-7-31-25)28(37)33-10-8-32(9-11-33)27(36)29-14-20-12-21-13-22(16-29)30(21,29)15-20/h3-7,19-23,31,35H,8-18H2,1-2H3. The molecule has 4 saturated carbocycles. The molecular formula is C30H40N4O4. The van der Waals surface area contributed by atoms with Crippen molar-refractivity contribution in [3.8, 4) is 5.75 Å². The van der Waals surface area contributed by atoms with E-state index < -0.39 is 6.10 Å². The Kier molecular flexibility index (Phi) is 5.52. The molecule has 5 fully saturated rings. The smallest absolute Gasteiger partial charge is 0.320 e. The van der Waals surface area contributed by atoms with Crippen LogP contribution in [0.15, 0.2) is 30.5 Å². The number of urea groups is 1. The van der Waals surface area contributed by atoms with E-state index in [1.807, 2.05) is 49.2 Å². The number of aromatic nitrogens is 1. The maximum Gasteiger partial charge on any atom is 0.320 e. The number of aliphatic hydroxyl groups excluding tert-OH is 1. The molecule has 3 amide bonds. The topological polar surface area (TPSA) is 89.1 Å². The van der Waals surface area contributed by atoms with Crippen LogP contribution in [0.5, 0.6) is 5.75 Å². The molecule has 1 aromatic heterocycles. The minimum Gasteiger partial charge on any atom is -0.490 e. The van der Waals surface area contributed by atoms with Gasteiger partial charge in [-0.15, -0.1) is 0 Å². The van der Waals surface area contributed by atoms with Gasteiger partial charge >= 0.3 is 6.03 Å². The number of H-pyrrole nitrogens is 1. The van der Waals surface area contributed by atoms with E-state index >= 15 is 0 Å². The summed E-state index contributed by atoms with van der Waals surface area (Å²) in [6.45, 7) is 6.58. The van der Waals surface area contributed by atoms with Crippen molar-refractivity contribution >= 4 is 22.8 Å². The first-order chi connectivity index (χ1) is 18.3. The van der Waals surface area contributed by atoms with E-state index in [1.165, 1.54) is 19.3 Å². The van der Waals surface area contributed by atoms with E-state index in [4.69, 9.17) is 4.74 Å². The number of rotatable bonds is 7. The molecule has 1 aromatic carbocycles. The lowest BCUT2D eigenvalue weighted by atomic mass is 9.31. The summed E-state index contributed by atoms with van der Waals surface area (Å²) in [6, 6.07) is 7.61. The summed E-state index contributed by atoms with van der Waals surface area (Å²) < 4.78 is 5.92. The van der Waals surface area contributed by atoms with Crippen molar-refractivity contribution in [3.05, 3.63) is 30.5 Å². The van der Waals surface area contributed by atoms with E-state index in [-0.39, 0.29) is 30.6 Å². The van der Waals surface area contributed by atoms with Gasteiger partial charge < -0.3 is 29.5 Å². The van der Waals surface area contributed by atoms with Crippen molar-refractivity contribution in [2.24, 2.45) is 28.6 Å². The van der Waals surface area contributed by atoms with Crippen molar-refractivity contribution in [3.63, 3.8) is 0 Å². The summed E-state index contributed by atoms with van der Waals surface area (Å²) in [5, 5.41) is 11.7. The number of piperazine rings is 1. The highest BCUT2D eigenvalue weighted by Crippen LogP contribution is 2.86. The molecule has 1 spiro atoms. The first-order valence-corrected chi connectivity index (χ1v) is 14.5. The van der Waals surface area contributed by atoms with Gasteiger partial charge in [-0.1, -0.05) is 6.07 Å². The molecule has 8 nitrogen and oxygen atoms in total. The van der Waals surface area contributed by atoms with Crippen LogP contribution >= 0.6 is 0 Å². The molecule has 5 aliphatic rings. The second kappa shape index (κ2) is 8.63. The van der Waals surface area contributed by atoms with Crippen LogP contribution in [0, 0.1) is 28.6 Å². The van der Waals surface area contributed by atoms with Crippen LogP contribution in [0.4, 0.5) is 4.79 Å². The normalized spacial score (nSPS) is 33.6. The number of aromatic amines is 1. The van der Waals surface area contributed by atoms with Gasteiger partial charge in [-0.2, -0.15) is 0 Å². The third-order valence-corrected chi connectivity index (χ3v) is 10.9. The zero-order chi connectivity index (χ0) is 26.2. The van der Waals surface area contributed by atoms with Crippen LogP contribution in [-0.4, -0.2) is 88.2 Å². The number of nitrogens with one attached hydrogen (secondary N) is 1. The Morgan fingerprint density at radius 2 is 1.87 bits per heavy atom. The van der Waals surface area contributed by atoms with Gasteiger partial charge in [-0.05, 0) is 87.3 Å². The third-order valence-electron chi connectivity index (χ3n) is 10.9. The van der Waals surface area contributed by atoms with Crippen LogP contribution in [-0.2, 0) is 4.79 Å². The minimum absolute atomic E-state index is 0.0561. The highest BCUT2D eigenvalue weighted by atomic mass is 16.5. The molecule has 4 aliphatic carbocycles. The molecule has 0 radical (unpaired) electrons. The third kappa shape index (κ3) is 3.31. The summed E-state index contributed by atoms with van der Waals surface area (Å²) in [5.41, 5.74) is 1.26. The molecule has 2 heterocycles. The molecule has 6 atom stereocenters. The van der Waals surface area contributed by atoms with Crippen molar-refractivity contribution in [1.29, 1.82) is 0 Å². The van der Waals surface area contributed by atoms with Gasteiger partial charge in [-0.3, -0.25) is 4.79 Å². The van der Waals surface area contributed by atoms with Crippen LogP contribution in [0.3, 0.4) is 0 Å². The molecule has 204 valence electrons. The maximum atomic E-state index is 13.8. The predicted octanol–water partition coefficient (Wildman–Crippen LogP) is 3.71. The zero-order valence-electron chi connectivity index (χ0n) is 22.6. The van der Waals surface area contributed by atoms with Gasteiger partial charge in [0.15, 0.2) is 0 Å². The quantitative estimate of drug-likeness (QED) is 0.583. The first-order valence-electron chi connectivity index (χ1n) is 14.5. The second-order valence-electron chi connectivity index (χ2n) is 12.9. The molecule has 2 N–H and O–H groups in total. The summed E-state index contributed by atoms with van der Waals surface area (Å²) in [6.07, 6.45) is 7.29. The van der Waals surface area contributed by atoms with E-state index in [0.29, 0.717) is 43.3 Å². The minimum atomic E-state index is -0.809. The number of hydrogen-bond acceptors (Lipinski definition) is 4. The number of nitrogens with zero attached hydrogens (tertiary/aromatic N) is 3. The molecule has 2 bridgehead atoms. The number of ether oxygens (including phenoxy) is 1. The second-order valence-corrected chi connectivity index (χ2v) is 12.9. The average molecular weight is 521 g/mol. The number of carbonyl (C=O) groups excluding carboxylic acids is 2. The number of benzene rings is 1. The number of carbonyl (C=O) groups is 2.